The molecular weight excluding hydrogens is 344 g/mol. The van der Waals surface area contributed by atoms with Gasteiger partial charge in [-0.1, -0.05) is 60.6 Å². The minimum Gasteiger partial charge on any atom is -0.460 e. The van der Waals surface area contributed by atoms with Crippen molar-refractivity contribution in [2.75, 3.05) is 5.75 Å². The molecule has 2 rings (SSSR count). The number of thioether (sulfide) groups is 1. The zero-order valence-electron chi connectivity index (χ0n) is 15.5. The molecule has 1 aliphatic rings. The zero-order chi connectivity index (χ0) is 18.7. The van der Waals surface area contributed by atoms with E-state index in [-0.39, 0.29) is 12.6 Å². The number of rotatable bonds is 8. The quantitative estimate of drug-likeness (QED) is 0.355. The van der Waals surface area contributed by atoms with Crippen molar-refractivity contribution in [3.63, 3.8) is 0 Å². The minimum atomic E-state index is -0.781. The van der Waals surface area contributed by atoms with Crippen LogP contribution in [0.15, 0.2) is 54.1 Å². The first kappa shape index (κ1) is 20.5. The van der Waals surface area contributed by atoms with Gasteiger partial charge >= 0.3 is 5.97 Å². The molecule has 1 aliphatic carbocycles. The van der Waals surface area contributed by atoms with Crippen LogP contribution in [0.4, 0.5) is 0 Å². The number of ether oxygens (including phenoxy) is 1. The first-order chi connectivity index (χ1) is 12.6. The molecule has 0 amide bonds. The second kappa shape index (κ2) is 11.0. The third-order valence-electron chi connectivity index (χ3n) is 4.38. The molecule has 0 aromatic heterocycles. The first-order valence-electron chi connectivity index (χ1n) is 9.31. The molecule has 0 N–H and O–H groups in total. The molecule has 0 heterocycles. The predicted molar refractivity (Wildman–Crippen MR) is 108 cm³/mol. The van der Waals surface area contributed by atoms with Gasteiger partial charge in [0.1, 0.15) is 17.6 Å². The molecule has 1 atom stereocenters. The Balaban J connectivity index is 2.12. The van der Waals surface area contributed by atoms with E-state index in [1.165, 1.54) is 30.2 Å². The van der Waals surface area contributed by atoms with Crippen LogP contribution in [0.2, 0.25) is 0 Å². The fourth-order valence-corrected chi connectivity index (χ4v) is 3.95. The van der Waals surface area contributed by atoms with E-state index in [1.807, 2.05) is 43.3 Å². The summed E-state index contributed by atoms with van der Waals surface area (Å²) in [5.41, 5.74) is 2.15. The van der Waals surface area contributed by atoms with Gasteiger partial charge in [-0.2, -0.15) is 0 Å². The van der Waals surface area contributed by atoms with Gasteiger partial charge in [0.2, 0.25) is 0 Å². The van der Waals surface area contributed by atoms with E-state index in [0.29, 0.717) is 12.2 Å². The van der Waals surface area contributed by atoms with Gasteiger partial charge < -0.3 is 9.53 Å². The van der Waals surface area contributed by atoms with Crippen molar-refractivity contribution in [1.29, 1.82) is 0 Å². The number of carbonyl (C=O) groups excluding carboxylic acids is 2. The van der Waals surface area contributed by atoms with Crippen LogP contribution in [0.25, 0.3) is 0 Å². The minimum absolute atomic E-state index is 0.250. The van der Waals surface area contributed by atoms with E-state index >= 15 is 0 Å². The highest BCUT2D eigenvalue weighted by atomic mass is 32.2. The van der Waals surface area contributed by atoms with Crippen molar-refractivity contribution >= 4 is 24.0 Å². The van der Waals surface area contributed by atoms with Gasteiger partial charge in [-0.3, -0.25) is 4.79 Å². The summed E-state index contributed by atoms with van der Waals surface area (Å²) >= 11 is 1.48. The largest absolute Gasteiger partial charge is 0.460 e. The molecule has 1 aromatic rings. The molecule has 0 unspecified atom stereocenters. The normalized spacial score (nSPS) is 19.8. The molecule has 0 bridgehead atoms. The van der Waals surface area contributed by atoms with Crippen LogP contribution >= 0.6 is 11.8 Å². The monoisotopic (exact) mass is 372 g/mol. The molecule has 1 aromatic carbocycles. The Morgan fingerprint density at radius 3 is 2.81 bits per heavy atom. The van der Waals surface area contributed by atoms with Crippen molar-refractivity contribution in [2.24, 2.45) is 0 Å². The molecule has 0 aliphatic heterocycles. The van der Waals surface area contributed by atoms with Crippen LogP contribution in [-0.2, 0) is 20.9 Å². The zero-order valence-corrected chi connectivity index (χ0v) is 16.3. The molecule has 4 heteroatoms. The van der Waals surface area contributed by atoms with Crippen LogP contribution in [0, 0.1) is 0 Å². The summed E-state index contributed by atoms with van der Waals surface area (Å²) in [5.74, 6) is 0.355. The lowest BCUT2D eigenvalue weighted by molar-refractivity contribution is -0.146. The molecule has 0 radical (unpaired) electrons. The Morgan fingerprint density at radius 1 is 1.23 bits per heavy atom. The Labute approximate surface area is 160 Å². The predicted octanol–water partition coefficient (Wildman–Crippen LogP) is 5.26. The van der Waals surface area contributed by atoms with Gasteiger partial charge in [-0.05, 0) is 38.2 Å². The standard InChI is InChI=1S/C22H28O3S/c1-22(26-16-10-15-23,17-19-11-6-3-2-4-7-12-19)21(24)25-18-20-13-8-5-9-14-20/h5-6,8-9,11,13-15,17H,2-4,7,10,12,16,18H2,1H3/b11-6-,19-17-/t22-/m0/s1. The average Bonchev–Trinajstić information content (AvgIpc) is 2.63. The number of esters is 1. The SMILES string of the molecule is C[C@@](/C=C1/C=C\CCCCC1)(SCCC=O)C(=O)OCc1ccccc1. The molecule has 140 valence electrons. The van der Waals surface area contributed by atoms with Crippen molar-refractivity contribution in [3.8, 4) is 0 Å². The second-order valence-electron chi connectivity index (χ2n) is 6.69. The van der Waals surface area contributed by atoms with E-state index in [4.69, 9.17) is 4.74 Å². The van der Waals surface area contributed by atoms with E-state index in [1.54, 1.807) is 0 Å². The lowest BCUT2D eigenvalue weighted by Crippen LogP contribution is -2.32. The van der Waals surface area contributed by atoms with Gasteiger partial charge in [0.05, 0.1) is 0 Å². The van der Waals surface area contributed by atoms with Gasteiger partial charge in [0, 0.05) is 12.2 Å². The number of carbonyl (C=O) groups is 2. The van der Waals surface area contributed by atoms with Crippen LogP contribution in [0.3, 0.4) is 0 Å². The highest BCUT2D eigenvalue weighted by molar-refractivity contribution is 8.01. The fraction of sp³-hybridized carbons (Fsp3) is 0.455. The molecular formula is C22H28O3S. The molecule has 0 spiro atoms. The Bertz CT molecular complexity index is 636. The maximum Gasteiger partial charge on any atom is 0.326 e. The molecule has 26 heavy (non-hydrogen) atoms. The summed E-state index contributed by atoms with van der Waals surface area (Å²) in [6.07, 6.45) is 13.4. The second-order valence-corrected chi connectivity index (χ2v) is 8.24. The van der Waals surface area contributed by atoms with Crippen LogP contribution < -0.4 is 0 Å². The molecule has 0 saturated carbocycles. The van der Waals surface area contributed by atoms with Crippen LogP contribution in [0.1, 0.15) is 51.0 Å². The Kier molecular flexibility index (Phi) is 8.69. The van der Waals surface area contributed by atoms with E-state index in [0.717, 1.165) is 31.1 Å². The number of allylic oxidation sites excluding steroid dienone is 3. The molecule has 3 nitrogen and oxygen atoms in total. The number of benzene rings is 1. The molecule has 0 saturated heterocycles. The number of hydrogen-bond donors (Lipinski definition) is 0. The summed E-state index contributed by atoms with van der Waals surface area (Å²) in [6.45, 7) is 2.16. The van der Waals surface area contributed by atoms with E-state index in [9.17, 15) is 9.59 Å². The van der Waals surface area contributed by atoms with Crippen molar-refractivity contribution in [3.05, 3.63) is 59.7 Å². The van der Waals surface area contributed by atoms with Crippen molar-refractivity contribution in [2.45, 2.75) is 56.8 Å². The summed E-state index contributed by atoms with van der Waals surface area (Å²) in [6, 6.07) is 9.70. The molecule has 0 fully saturated rings. The highest BCUT2D eigenvalue weighted by Gasteiger charge is 2.33. The number of hydrogen-bond acceptors (Lipinski definition) is 4. The topological polar surface area (TPSA) is 43.4 Å². The third-order valence-corrected chi connectivity index (χ3v) is 5.71. The summed E-state index contributed by atoms with van der Waals surface area (Å²) in [4.78, 5) is 23.5. The van der Waals surface area contributed by atoms with Gasteiger partial charge in [0.15, 0.2) is 0 Å². The van der Waals surface area contributed by atoms with Crippen LogP contribution in [0.5, 0.6) is 0 Å². The summed E-state index contributed by atoms with van der Waals surface area (Å²) < 4.78 is 4.82. The van der Waals surface area contributed by atoms with Gasteiger partial charge in [0.25, 0.3) is 0 Å². The summed E-state index contributed by atoms with van der Waals surface area (Å²) in [5, 5.41) is 0. The van der Waals surface area contributed by atoms with Gasteiger partial charge in [-0.15, -0.1) is 11.8 Å². The van der Waals surface area contributed by atoms with Gasteiger partial charge in [-0.25, -0.2) is 0 Å². The number of aldehydes is 1. The average molecular weight is 373 g/mol. The Hall–Kier alpha value is -1.81. The lowest BCUT2D eigenvalue weighted by atomic mass is 9.98. The Morgan fingerprint density at radius 2 is 2.04 bits per heavy atom. The highest BCUT2D eigenvalue weighted by Crippen LogP contribution is 2.32. The van der Waals surface area contributed by atoms with Crippen molar-refractivity contribution < 1.29 is 14.3 Å². The third kappa shape index (κ3) is 6.83. The van der Waals surface area contributed by atoms with Crippen molar-refractivity contribution in [1.82, 2.24) is 0 Å². The summed E-state index contributed by atoms with van der Waals surface area (Å²) in [7, 11) is 0. The maximum absolute atomic E-state index is 12.9. The van der Waals surface area contributed by atoms with Crippen LogP contribution in [-0.4, -0.2) is 22.8 Å². The fourth-order valence-electron chi connectivity index (χ4n) is 2.91. The smallest absolute Gasteiger partial charge is 0.326 e. The first-order valence-corrected chi connectivity index (χ1v) is 10.3. The van der Waals surface area contributed by atoms with E-state index in [2.05, 4.69) is 12.2 Å². The maximum atomic E-state index is 12.9. The lowest BCUT2D eigenvalue weighted by Gasteiger charge is -2.25. The van der Waals surface area contributed by atoms with E-state index < -0.39 is 4.75 Å².